The molecule has 0 aromatic carbocycles. The van der Waals surface area contributed by atoms with Crippen molar-refractivity contribution in [1.82, 2.24) is 4.98 Å². The third-order valence-corrected chi connectivity index (χ3v) is 1.42. The highest BCUT2D eigenvalue weighted by molar-refractivity contribution is 5.89. The minimum Gasteiger partial charge on any atom is -0.462 e. The van der Waals surface area contributed by atoms with Gasteiger partial charge in [-0.1, -0.05) is 5.92 Å². The molecule has 1 rings (SSSR count). The van der Waals surface area contributed by atoms with E-state index in [-0.39, 0.29) is 5.97 Å². The van der Waals surface area contributed by atoms with E-state index in [1.54, 1.807) is 19.1 Å². The van der Waals surface area contributed by atoms with Gasteiger partial charge in [0.05, 0.1) is 12.2 Å². The lowest BCUT2D eigenvalue weighted by molar-refractivity contribution is 0.0526. The summed E-state index contributed by atoms with van der Waals surface area (Å²) in [6, 6.07) is 3.20. The molecule has 0 unspecified atom stereocenters. The number of nitrogens with zero attached hydrogens (tertiary/aromatic N) is 1. The van der Waals surface area contributed by atoms with Crippen LogP contribution in [0.3, 0.4) is 0 Å². The molecule has 0 amide bonds. The Kier molecular flexibility index (Phi) is 3.04. The molecule has 0 saturated heterocycles. The number of terminal acetylenes is 1. The lowest BCUT2D eigenvalue weighted by Crippen LogP contribution is -2.04. The van der Waals surface area contributed by atoms with E-state index in [1.165, 1.54) is 6.20 Å². The van der Waals surface area contributed by atoms with Crippen LogP contribution < -0.4 is 0 Å². The second kappa shape index (κ2) is 4.27. The summed E-state index contributed by atoms with van der Waals surface area (Å²) in [6.07, 6.45) is 6.52. The Morgan fingerprint density at radius 1 is 1.69 bits per heavy atom. The Labute approximate surface area is 76.8 Å². The maximum atomic E-state index is 11.1. The molecule has 0 bridgehead atoms. The highest BCUT2D eigenvalue weighted by atomic mass is 16.5. The van der Waals surface area contributed by atoms with Crippen LogP contribution in [0.25, 0.3) is 0 Å². The van der Waals surface area contributed by atoms with Crippen LogP contribution in [0.5, 0.6) is 0 Å². The molecule has 1 aromatic heterocycles. The maximum Gasteiger partial charge on any atom is 0.339 e. The fourth-order valence-corrected chi connectivity index (χ4v) is 0.814. The summed E-state index contributed by atoms with van der Waals surface area (Å²) >= 11 is 0. The normalized spacial score (nSPS) is 8.92. The number of esters is 1. The molecule has 0 aliphatic rings. The zero-order chi connectivity index (χ0) is 9.68. The summed E-state index contributed by atoms with van der Waals surface area (Å²) in [7, 11) is 0. The number of hydrogen-bond acceptors (Lipinski definition) is 3. The highest BCUT2D eigenvalue weighted by Gasteiger charge is 2.05. The number of ether oxygens (including phenoxy) is 1. The summed E-state index contributed by atoms with van der Waals surface area (Å²) in [5.41, 5.74) is 0.925. The predicted molar refractivity (Wildman–Crippen MR) is 48.1 cm³/mol. The van der Waals surface area contributed by atoms with Crippen LogP contribution in [0.1, 0.15) is 23.0 Å². The van der Waals surface area contributed by atoms with Gasteiger partial charge >= 0.3 is 5.97 Å². The Bertz CT molecular complexity index is 335. The zero-order valence-corrected chi connectivity index (χ0v) is 7.28. The van der Waals surface area contributed by atoms with Crippen molar-refractivity contribution in [1.29, 1.82) is 0 Å². The first-order chi connectivity index (χ1) is 6.27. The average Bonchev–Trinajstić information content (AvgIpc) is 2.18. The fraction of sp³-hybridized carbons (Fsp3) is 0.200. The minimum absolute atomic E-state index is 0.357. The van der Waals surface area contributed by atoms with Gasteiger partial charge in [-0.25, -0.2) is 9.78 Å². The van der Waals surface area contributed by atoms with Crippen LogP contribution in [0.15, 0.2) is 18.3 Å². The van der Waals surface area contributed by atoms with Gasteiger partial charge in [0.2, 0.25) is 0 Å². The van der Waals surface area contributed by atoms with Gasteiger partial charge in [-0.05, 0) is 19.1 Å². The SMILES string of the molecule is C#Cc1ccc(C(=O)OCC)cn1. The van der Waals surface area contributed by atoms with Crippen molar-refractivity contribution in [2.24, 2.45) is 0 Å². The van der Waals surface area contributed by atoms with Crippen LogP contribution in [-0.4, -0.2) is 17.6 Å². The minimum atomic E-state index is -0.376. The molecule has 13 heavy (non-hydrogen) atoms. The van der Waals surface area contributed by atoms with Gasteiger partial charge in [0, 0.05) is 6.20 Å². The first-order valence-electron chi connectivity index (χ1n) is 3.87. The number of carbonyl (C=O) groups is 1. The summed E-state index contributed by atoms with van der Waals surface area (Å²) in [5.74, 6) is 1.99. The zero-order valence-electron chi connectivity index (χ0n) is 7.28. The van der Waals surface area contributed by atoms with Gasteiger partial charge in [-0.2, -0.15) is 0 Å². The monoisotopic (exact) mass is 175 g/mol. The van der Waals surface area contributed by atoms with Crippen molar-refractivity contribution >= 4 is 5.97 Å². The number of aromatic nitrogens is 1. The molecule has 0 saturated carbocycles. The summed E-state index contributed by atoms with van der Waals surface area (Å²) < 4.78 is 4.77. The van der Waals surface area contributed by atoms with Gasteiger partial charge in [0.1, 0.15) is 5.69 Å². The molecule has 0 N–H and O–H groups in total. The first kappa shape index (κ1) is 9.27. The number of carbonyl (C=O) groups excluding carboxylic acids is 1. The van der Waals surface area contributed by atoms with Crippen LogP contribution in [0.4, 0.5) is 0 Å². The highest BCUT2D eigenvalue weighted by Crippen LogP contribution is 2.01. The van der Waals surface area contributed by atoms with Gasteiger partial charge in [-0.15, -0.1) is 6.42 Å². The van der Waals surface area contributed by atoms with Crippen molar-refractivity contribution in [3.8, 4) is 12.3 Å². The summed E-state index contributed by atoms with van der Waals surface area (Å²) in [4.78, 5) is 15.0. The number of pyridine rings is 1. The molecule has 0 spiro atoms. The fourth-order valence-electron chi connectivity index (χ4n) is 0.814. The summed E-state index contributed by atoms with van der Waals surface area (Å²) in [6.45, 7) is 2.11. The van der Waals surface area contributed by atoms with E-state index in [0.29, 0.717) is 17.9 Å². The predicted octanol–water partition coefficient (Wildman–Crippen LogP) is 1.24. The van der Waals surface area contributed by atoms with Gasteiger partial charge in [-0.3, -0.25) is 0 Å². The Morgan fingerprint density at radius 2 is 2.46 bits per heavy atom. The van der Waals surface area contributed by atoms with Crippen molar-refractivity contribution < 1.29 is 9.53 Å². The van der Waals surface area contributed by atoms with E-state index in [1.807, 2.05) is 0 Å². The van der Waals surface area contributed by atoms with E-state index in [2.05, 4.69) is 10.9 Å². The van der Waals surface area contributed by atoms with Crippen molar-refractivity contribution in [2.75, 3.05) is 6.61 Å². The standard InChI is InChI=1S/C10H9NO2/c1-3-9-6-5-8(7-11-9)10(12)13-4-2/h1,5-7H,4H2,2H3. The lowest BCUT2D eigenvalue weighted by atomic mass is 10.2. The van der Waals surface area contributed by atoms with E-state index >= 15 is 0 Å². The second-order valence-electron chi connectivity index (χ2n) is 2.30. The average molecular weight is 175 g/mol. The van der Waals surface area contributed by atoms with Crippen molar-refractivity contribution in [3.63, 3.8) is 0 Å². The molecule has 66 valence electrons. The third kappa shape index (κ3) is 2.31. The molecular weight excluding hydrogens is 166 g/mol. The molecule has 3 heteroatoms. The molecule has 0 atom stereocenters. The van der Waals surface area contributed by atoms with E-state index in [9.17, 15) is 4.79 Å². The third-order valence-electron chi connectivity index (χ3n) is 1.42. The Morgan fingerprint density at radius 3 is 2.92 bits per heavy atom. The van der Waals surface area contributed by atoms with E-state index in [0.717, 1.165) is 0 Å². The quantitative estimate of drug-likeness (QED) is 0.501. The second-order valence-corrected chi connectivity index (χ2v) is 2.30. The van der Waals surface area contributed by atoms with Crippen LogP contribution in [0.2, 0.25) is 0 Å². The number of rotatable bonds is 2. The van der Waals surface area contributed by atoms with Crippen molar-refractivity contribution in [2.45, 2.75) is 6.92 Å². The van der Waals surface area contributed by atoms with Gasteiger partial charge in [0.25, 0.3) is 0 Å². The van der Waals surface area contributed by atoms with E-state index < -0.39 is 0 Å². The largest absolute Gasteiger partial charge is 0.462 e. The first-order valence-corrected chi connectivity index (χ1v) is 3.87. The molecular formula is C10H9NO2. The molecule has 1 aromatic rings. The number of hydrogen-bond donors (Lipinski definition) is 0. The maximum absolute atomic E-state index is 11.1. The van der Waals surface area contributed by atoms with Crippen molar-refractivity contribution in [3.05, 3.63) is 29.6 Å². The molecule has 0 fully saturated rings. The van der Waals surface area contributed by atoms with Crippen LogP contribution in [-0.2, 0) is 4.74 Å². The lowest BCUT2D eigenvalue weighted by Gasteiger charge is -2.00. The smallest absolute Gasteiger partial charge is 0.339 e. The van der Waals surface area contributed by atoms with E-state index in [4.69, 9.17) is 11.2 Å². The van der Waals surface area contributed by atoms with Gasteiger partial charge in [0.15, 0.2) is 0 Å². The Hall–Kier alpha value is -1.82. The molecule has 0 radical (unpaired) electrons. The molecule has 1 heterocycles. The molecule has 3 nitrogen and oxygen atoms in total. The molecule has 0 aliphatic heterocycles. The Balaban J connectivity index is 2.81. The summed E-state index contributed by atoms with van der Waals surface area (Å²) in [5, 5.41) is 0. The van der Waals surface area contributed by atoms with Crippen LogP contribution >= 0.6 is 0 Å². The van der Waals surface area contributed by atoms with Gasteiger partial charge < -0.3 is 4.74 Å². The molecule has 0 aliphatic carbocycles. The topological polar surface area (TPSA) is 39.2 Å². The van der Waals surface area contributed by atoms with Crippen LogP contribution in [0, 0.1) is 12.3 Å².